The molecule has 0 spiro atoms. The molecule has 2 nitrogen and oxygen atoms in total. The molecule has 0 saturated carbocycles. The van der Waals surface area contributed by atoms with Gasteiger partial charge in [0, 0.05) is 11.8 Å². The molecule has 2 N–H and O–H groups in total. The fourth-order valence-electron chi connectivity index (χ4n) is 1.91. The van der Waals surface area contributed by atoms with Crippen molar-refractivity contribution < 1.29 is 0 Å². The van der Waals surface area contributed by atoms with Gasteiger partial charge in [0.2, 0.25) is 0 Å². The molecule has 2 rings (SSSR count). The molecule has 16 heavy (non-hydrogen) atoms. The van der Waals surface area contributed by atoms with Crippen molar-refractivity contribution >= 4 is 5.69 Å². The van der Waals surface area contributed by atoms with E-state index in [1.807, 2.05) is 13.0 Å². The molecule has 2 aromatic rings. The van der Waals surface area contributed by atoms with E-state index in [1.165, 1.54) is 11.1 Å². The minimum Gasteiger partial charge on any atom is -0.397 e. The number of rotatable bonds is 1. The summed E-state index contributed by atoms with van der Waals surface area (Å²) in [5.74, 6) is 0. The summed E-state index contributed by atoms with van der Waals surface area (Å²) < 4.78 is 0. The molecule has 0 unspecified atom stereocenters. The molecule has 0 bridgehead atoms. The molecule has 0 aliphatic heterocycles. The smallest absolute Gasteiger partial charge is 0.0934 e. The highest BCUT2D eigenvalue weighted by Gasteiger charge is 2.06. The van der Waals surface area contributed by atoms with Crippen LogP contribution in [0.25, 0.3) is 11.3 Å². The van der Waals surface area contributed by atoms with Gasteiger partial charge in [0.05, 0.1) is 11.4 Å². The van der Waals surface area contributed by atoms with Crippen LogP contribution in [0.1, 0.15) is 16.7 Å². The molecule has 0 amide bonds. The Balaban J connectivity index is 2.63. The van der Waals surface area contributed by atoms with Crippen LogP contribution < -0.4 is 5.73 Å². The molecule has 0 radical (unpaired) electrons. The zero-order chi connectivity index (χ0) is 11.7. The van der Waals surface area contributed by atoms with Crippen molar-refractivity contribution in [2.24, 2.45) is 0 Å². The lowest BCUT2D eigenvalue weighted by Gasteiger charge is -2.09. The monoisotopic (exact) mass is 212 g/mol. The Hall–Kier alpha value is -1.83. The maximum atomic E-state index is 6.05. The number of aromatic nitrogens is 1. The number of nitrogen functional groups attached to an aromatic ring is 1. The first-order chi connectivity index (χ1) is 7.58. The number of anilines is 1. The molecule has 1 aromatic carbocycles. The minimum absolute atomic E-state index is 0.771. The van der Waals surface area contributed by atoms with E-state index >= 15 is 0 Å². The summed E-state index contributed by atoms with van der Waals surface area (Å²) in [7, 11) is 0. The topological polar surface area (TPSA) is 38.9 Å². The van der Waals surface area contributed by atoms with Crippen molar-refractivity contribution in [3.05, 3.63) is 47.2 Å². The van der Waals surface area contributed by atoms with Crippen LogP contribution in [0.5, 0.6) is 0 Å². The molecule has 1 heterocycles. The lowest BCUT2D eigenvalue weighted by atomic mass is 10.0. The zero-order valence-electron chi connectivity index (χ0n) is 9.91. The van der Waals surface area contributed by atoms with Gasteiger partial charge in [-0.15, -0.1) is 0 Å². The fourth-order valence-corrected chi connectivity index (χ4v) is 1.91. The second-order valence-corrected chi connectivity index (χ2v) is 4.27. The average Bonchev–Trinajstić information content (AvgIpc) is 2.20. The Labute approximate surface area is 96.1 Å². The van der Waals surface area contributed by atoms with E-state index in [0.717, 1.165) is 22.5 Å². The van der Waals surface area contributed by atoms with Crippen molar-refractivity contribution in [1.82, 2.24) is 4.98 Å². The lowest BCUT2D eigenvalue weighted by Crippen LogP contribution is -1.96. The SMILES string of the molecule is Cc1cc(C)cc(-c2nccc(C)c2N)c1. The van der Waals surface area contributed by atoms with Gasteiger partial charge in [0.25, 0.3) is 0 Å². The highest BCUT2D eigenvalue weighted by atomic mass is 14.7. The largest absolute Gasteiger partial charge is 0.397 e. The van der Waals surface area contributed by atoms with Crippen molar-refractivity contribution in [1.29, 1.82) is 0 Å². The third-order valence-corrected chi connectivity index (χ3v) is 2.70. The number of benzene rings is 1. The number of pyridine rings is 1. The predicted octanol–water partition coefficient (Wildman–Crippen LogP) is 3.26. The van der Waals surface area contributed by atoms with Crippen LogP contribution in [-0.4, -0.2) is 4.98 Å². The standard InChI is InChI=1S/C14H16N2/c1-9-6-10(2)8-12(7-9)14-13(15)11(3)4-5-16-14/h4-8H,15H2,1-3H3. The van der Waals surface area contributed by atoms with Gasteiger partial charge in [-0.1, -0.05) is 17.2 Å². The Kier molecular flexibility index (Phi) is 2.65. The molecule has 0 saturated heterocycles. The number of nitrogens with zero attached hydrogens (tertiary/aromatic N) is 1. The van der Waals surface area contributed by atoms with Gasteiger partial charge in [-0.05, 0) is 44.5 Å². The first kappa shape index (κ1) is 10.7. The minimum atomic E-state index is 0.771. The normalized spacial score (nSPS) is 10.4. The molecule has 0 atom stereocenters. The van der Waals surface area contributed by atoms with Gasteiger partial charge in [-0.25, -0.2) is 0 Å². The van der Waals surface area contributed by atoms with E-state index in [0.29, 0.717) is 0 Å². The highest BCUT2D eigenvalue weighted by molar-refractivity contribution is 5.75. The molecule has 0 aliphatic carbocycles. The van der Waals surface area contributed by atoms with Gasteiger partial charge in [0.1, 0.15) is 0 Å². The van der Waals surface area contributed by atoms with Crippen molar-refractivity contribution in [3.8, 4) is 11.3 Å². The van der Waals surface area contributed by atoms with Gasteiger partial charge < -0.3 is 5.73 Å². The zero-order valence-corrected chi connectivity index (χ0v) is 9.91. The van der Waals surface area contributed by atoms with Crippen molar-refractivity contribution in [3.63, 3.8) is 0 Å². The van der Waals surface area contributed by atoms with Gasteiger partial charge in [-0.3, -0.25) is 4.98 Å². The molecular formula is C14H16N2. The van der Waals surface area contributed by atoms with Crippen LogP contribution in [0.15, 0.2) is 30.5 Å². The lowest BCUT2D eigenvalue weighted by molar-refractivity contribution is 1.28. The molecular weight excluding hydrogens is 196 g/mol. The van der Waals surface area contributed by atoms with Crippen LogP contribution in [0.4, 0.5) is 5.69 Å². The summed E-state index contributed by atoms with van der Waals surface area (Å²) >= 11 is 0. The average molecular weight is 212 g/mol. The van der Waals surface area contributed by atoms with Crippen LogP contribution in [-0.2, 0) is 0 Å². The van der Waals surface area contributed by atoms with Gasteiger partial charge in [0.15, 0.2) is 0 Å². The fraction of sp³-hybridized carbons (Fsp3) is 0.214. The van der Waals surface area contributed by atoms with Crippen LogP contribution in [0.2, 0.25) is 0 Å². The number of hydrogen-bond donors (Lipinski definition) is 1. The third kappa shape index (κ3) is 1.91. The predicted molar refractivity (Wildman–Crippen MR) is 68.3 cm³/mol. The van der Waals surface area contributed by atoms with Crippen molar-refractivity contribution in [2.75, 3.05) is 5.73 Å². The molecule has 1 aromatic heterocycles. The summed E-state index contributed by atoms with van der Waals surface area (Å²) in [6.07, 6.45) is 1.80. The van der Waals surface area contributed by atoms with E-state index in [-0.39, 0.29) is 0 Å². The summed E-state index contributed by atoms with van der Waals surface area (Å²) in [5, 5.41) is 0. The van der Waals surface area contributed by atoms with Gasteiger partial charge in [-0.2, -0.15) is 0 Å². The summed E-state index contributed by atoms with van der Waals surface area (Å²) in [4.78, 5) is 4.37. The number of nitrogens with two attached hydrogens (primary N) is 1. The van der Waals surface area contributed by atoms with Crippen LogP contribution >= 0.6 is 0 Å². The second kappa shape index (κ2) is 3.97. The van der Waals surface area contributed by atoms with E-state index in [4.69, 9.17) is 5.73 Å². The maximum Gasteiger partial charge on any atom is 0.0934 e. The number of hydrogen-bond acceptors (Lipinski definition) is 2. The van der Waals surface area contributed by atoms with Crippen LogP contribution in [0, 0.1) is 20.8 Å². The van der Waals surface area contributed by atoms with Crippen LogP contribution in [0.3, 0.4) is 0 Å². The molecule has 0 aliphatic rings. The molecule has 0 fully saturated rings. The quantitative estimate of drug-likeness (QED) is 0.788. The summed E-state index contributed by atoms with van der Waals surface area (Å²) in [6.45, 7) is 6.17. The van der Waals surface area contributed by atoms with E-state index in [2.05, 4.69) is 37.0 Å². The highest BCUT2D eigenvalue weighted by Crippen LogP contribution is 2.27. The Morgan fingerprint density at radius 2 is 1.62 bits per heavy atom. The summed E-state index contributed by atoms with van der Waals surface area (Å²) in [5.41, 5.74) is 12.3. The maximum absolute atomic E-state index is 6.05. The Bertz CT molecular complexity index is 510. The molecule has 2 heteroatoms. The second-order valence-electron chi connectivity index (χ2n) is 4.27. The van der Waals surface area contributed by atoms with Gasteiger partial charge >= 0.3 is 0 Å². The Morgan fingerprint density at radius 3 is 2.25 bits per heavy atom. The summed E-state index contributed by atoms with van der Waals surface area (Å²) in [6, 6.07) is 8.31. The first-order valence-electron chi connectivity index (χ1n) is 5.37. The van der Waals surface area contributed by atoms with Crippen molar-refractivity contribution in [2.45, 2.75) is 20.8 Å². The first-order valence-corrected chi connectivity index (χ1v) is 5.37. The van der Waals surface area contributed by atoms with E-state index in [9.17, 15) is 0 Å². The Morgan fingerprint density at radius 1 is 1.00 bits per heavy atom. The van der Waals surface area contributed by atoms with E-state index in [1.54, 1.807) is 6.20 Å². The van der Waals surface area contributed by atoms with E-state index < -0.39 is 0 Å². The number of aryl methyl sites for hydroxylation is 3. The molecule has 82 valence electrons. The third-order valence-electron chi connectivity index (χ3n) is 2.70.